The Balaban J connectivity index is 1.40. The van der Waals surface area contributed by atoms with Gasteiger partial charge in [0.2, 0.25) is 6.79 Å². The zero-order valence-electron chi connectivity index (χ0n) is 18.9. The van der Waals surface area contributed by atoms with Crippen molar-refractivity contribution in [2.45, 2.75) is 57.5 Å². The van der Waals surface area contributed by atoms with Crippen LogP contribution in [0.15, 0.2) is 47.6 Å². The van der Waals surface area contributed by atoms with Gasteiger partial charge in [0.15, 0.2) is 11.5 Å². The summed E-state index contributed by atoms with van der Waals surface area (Å²) in [6.45, 7) is 2.70. The number of likely N-dealkylation sites (N-methyl/N-ethyl adjacent to an activating group) is 1. The molecule has 0 spiro atoms. The highest BCUT2D eigenvalue weighted by Crippen LogP contribution is 2.39. The van der Waals surface area contributed by atoms with Crippen LogP contribution in [0.1, 0.15) is 61.3 Å². The van der Waals surface area contributed by atoms with Gasteiger partial charge in [-0.05, 0) is 50.1 Å². The van der Waals surface area contributed by atoms with Crippen molar-refractivity contribution in [3.05, 3.63) is 59.2 Å². The Labute approximate surface area is 189 Å². The van der Waals surface area contributed by atoms with Crippen LogP contribution in [0.3, 0.4) is 0 Å². The van der Waals surface area contributed by atoms with Crippen molar-refractivity contribution >= 4 is 11.6 Å². The SMILES string of the molecule is Cc1ccc(C2=NN(C(=O)CN(C)C3CCCCC3)C(c3ccc4c(c3)OCO4)C2)cc1. The fraction of sp³-hybridized carbons (Fsp3) is 0.462. The predicted octanol–water partition coefficient (Wildman–Crippen LogP) is 4.67. The summed E-state index contributed by atoms with van der Waals surface area (Å²) in [4.78, 5) is 15.7. The third kappa shape index (κ3) is 4.24. The molecule has 1 saturated carbocycles. The molecule has 2 heterocycles. The van der Waals surface area contributed by atoms with Gasteiger partial charge in [-0.2, -0.15) is 5.10 Å². The van der Waals surface area contributed by atoms with Gasteiger partial charge in [-0.25, -0.2) is 5.01 Å². The molecule has 1 atom stereocenters. The van der Waals surface area contributed by atoms with E-state index in [1.54, 1.807) is 5.01 Å². The summed E-state index contributed by atoms with van der Waals surface area (Å²) in [5, 5.41) is 6.54. The second kappa shape index (κ2) is 8.94. The summed E-state index contributed by atoms with van der Waals surface area (Å²) in [6.07, 6.45) is 6.84. The Morgan fingerprint density at radius 1 is 1.06 bits per heavy atom. The van der Waals surface area contributed by atoms with E-state index in [0.29, 0.717) is 19.0 Å². The minimum Gasteiger partial charge on any atom is -0.454 e. The number of ether oxygens (including phenoxy) is 2. The third-order valence-corrected chi connectivity index (χ3v) is 6.91. The monoisotopic (exact) mass is 433 g/mol. The van der Waals surface area contributed by atoms with E-state index in [-0.39, 0.29) is 18.7 Å². The number of carbonyl (C=O) groups is 1. The Bertz CT molecular complexity index is 1010. The standard InChI is InChI=1S/C26H31N3O3/c1-18-8-10-19(11-9-18)22-15-23(20-12-13-24-25(14-20)32-17-31-24)29(27-22)26(30)16-28(2)21-6-4-3-5-7-21/h8-14,21,23H,3-7,15-17H2,1-2H3. The Morgan fingerprint density at radius 2 is 1.81 bits per heavy atom. The fourth-order valence-corrected chi connectivity index (χ4v) is 4.98. The number of nitrogens with zero attached hydrogens (tertiary/aromatic N) is 3. The second-order valence-electron chi connectivity index (χ2n) is 9.19. The van der Waals surface area contributed by atoms with Crippen molar-refractivity contribution < 1.29 is 14.3 Å². The smallest absolute Gasteiger partial charge is 0.257 e. The van der Waals surface area contributed by atoms with Crippen LogP contribution in [0, 0.1) is 6.92 Å². The molecular formula is C26H31N3O3. The van der Waals surface area contributed by atoms with Crippen LogP contribution in [0.2, 0.25) is 0 Å². The van der Waals surface area contributed by atoms with Crippen molar-refractivity contribution in [3.8, 4) is 11.5 Å². The molecule has 6 nitrogen and oxygen atoms in total. The maximum Gasteiger partial charge on any atom is 0.257 e. The van der Waals surface area contributed by atoms with E-state index in [2.05, 4.69) is 43.1 Å². The highest BCUT2D eigenvalue weighted by atomic mass is 16.7. The van der Waals surface area contributed by atoms with Gasteiger partial charge in [0.05, 0.1) is 18.3 Å². The van der Waals surface area contributed by atoms with Gasteiger partial charge in [0, 0.05) is 12.5 Å². The molecule has 2 aromatic rings. The molecule has 6 heteroatoms. The van der Waals surface area contributed by atoms with E-state index in [1.165, 1.54) is 37.7 Å². The normalized spacial score (nSPS) is 20.7. The largest absolute Gasteiger partial charge is 0.454 e. The number of fused-ring (bicyclic) bond motifs is 1. The van der Waals surface area contributed by atoms with Crippen LogP contribution in [-0.2, 0) is 4.79 Å². The number of amides is 1. The Hall–Kier alpha value is -2.86. The van der Waals surface area contributed by atoms with Gasteiger partial charge in [-0.1, -0.05) is 55.2 Å². The van der Waals surface area contributed by atoms with Gasteiger partial charge in [0.1, 0.15) is 0 Å². The maximum atomic E-state index is 13.5. The third-order valence-electron chi connectivity index (χ3n) is 6.91. The average Bonchev–Trinajstić information content (AvgIpc) is 3.47. The molecule has 2 aromatic carbocycles. The highest BCUT2D eigenvalue weighted by molar-refractivity contribution is 6.03. The highest BCUT2D eigenvalue weighted by Gasteiger charge is 2.35. The molecule has 5 rings (SSSR count). The molecule has 0 aromatic heterocycles. The first-order chi connectivity index (χ1) is 15.6. The lowest BCUT2D eigenvalue weighted by atomic mass is 9.94. The quantitative estimate of drug-likeness (QED) is 0.688. The molecule has 0 saturated heterocycles. The zero-order valence-corrected chi connectivity index (χ0v) is 18.9. The summed E-state index contributed by atoms with van der Waals surface area (Å²) >= 11 is 0. The fourth-order valence-electron chi connectivity index (χ4n) is 4.98. The Morgan fingerprint density at radius 3 is 2.59 bits per heavy atom. The first-order valence-electron chi connectivity index (χ1n) is 11.6. The zero-order chi connectivity index (χ0) is 22.1. The van der Waals surface area contributed by atoms with Crippen molar-refractivity contribution in [1.82, 2.24) is 9.91 Å². The van der Waals surface area contributed by atoms with Crippen LogP contribution in [0.4, 0.5) is 0 Å². The van der Waals surface area contributed by atoms with Gasteiger partial charge >= 0.3 is 0 Å². The number of benzene rings is 2. The summed E-state index contributed by atoms with van der Waals surface area (Å²) in [5.74, 6) is 1.53. The molecule has 1 fully saturated rings. The number of hydrogen-bond donors (Lipinski definition) is 0. The number of hydrogen-bond acceptors (Lipinski definition) is 5. The minimum absolute atomic E-state index is 0.0443. The first kappa shape index (κ1) is 21.0. The number of rotatable bonds is 5. The molecule has 0 N–H and O–H groups in total. The molecule has 0 radical (unpaired) electrons. The molecule has 1 unspecified atom stereocenters. The average molecular weight is 434 g/mol. The topological polar surface area (TPSA) is 54.4 Å². The van der Waals surface area contributed by atoms with Crippen LogP contribution < -0.4 is 9.47 Å². The molecule has 1 amide bonds. The minimum atomic E-state index is -0.145. The molecular weight excluding hydrogens is 402 g/mol. The summed E-state index contributed by atoms with van der Waals surface area (Å²) in [5.41, 5.74) is 4.24. The van der Waals surface area contributed by atoms with Gasteiger partial charge in [-0.15, -0.1) is 0 Å². The van der Waals surface area contributed by atoms with E-state index in [9.17, 15) is 4.79 Å². The van der Waals surface area contributed by atoms with Gasteiger partial charge in [0.25, 0.3) is 5.91 Å². The lowest BCUT2D eigenvalue weighted by Gasteiger charge is -2.32. The van der Waals surface area contributed by atoms with E-state index in [1.807, 2.05) is 18.2 Å². The summed E-state index contributed by atoms with van der Waals surface area (Å²) in [7, 11) is 2.07. The van der Waals surface area contributed by atoms with Crippen LogP contribution in [-0.4, -0.2) is 48.0 Å². The predicted molar refractivity (Wildman–Crippen MR) is 124 cm³/mol. The summed E-state index contributed by atoms with van der Waals surface area (Å²) in [6, 6.07) is 14.7. The maximum absolute atomic E-state index is 13.5. The van der Waals surface area contributed by atoms with Gasteiger partial charge < -0.3 is 9.47 Å². The first-order valence-corrected chi connectivity index (χ1v) is 11.6. The number of hydrazone groups is 1. The van der Waals surface area contributed by atoms with Crippen molar-refractivity contribution in [1.29, 1.82) is 0 Å². The van der Waals surface area contributed by atoms with E-state index < -0.39 is 0 Å². The molecule has 2 aliphatic heterocycles. The number of aryl methyl sites for hydroxylation is 1. The van der Waals surface area contributed by atoms with E-state index >= 15 is 0 Å². The van der Waals surface area contributed by atoms with Crippen LogP contribution >= 0.6 is 0 Å². The lowest BCUT2D eigenvalue weighted by Crippen LogP contribution is -2.41. The van der Waals surface area contributed by atoms with Crippen LogP contribution in [0.5, 0.6) is 11.5 Å². The van der Waals surface area contributed by atoms with Crippen LogP contribution in [0.25, 0.3) is 0 Å². The summed E-state index contributed by atoms with van der Waals surface area (Å²) < 4.78 is 11.1. The van der Waals surface area contributed by atoms with Crippen molar-refractivity contribution in [3.63, 3.8) is 0 Å². The van der Waals surface area contributed by atoms with E-state index in [0.717, 1.165) is 28.3 Å². The number of carbonyl (C=O) groups excluding carboxylic acids is 1. The van der Waals surface area contributed by atoms with Crippen molar-refractivity contribution in [2.24, 2.45) is 5.10 Å². The lowest BCUT2D eigenvalue weighted by molar-refractivity contribution is -0.134. The van der Waals surface area contributed by atoms with E-state index in [4.69, 9.17) is 14.6 Å². The molecule has 1 aliphatic carbocycles. The molecule has 3 aliphatic rings. The van der Waals surface area contributed by atoms with Crippen molar-refractivity contribution in [2.75, 3.05) is 20.4 Å². The molecule has 0 bridgehead atoms. The molecule has 168 valence electrons. The molecule has 32 heavy (non-hydrogen) atoms. The Kier molecular flexibility index (Phi) is 5.87. The second-order valence-corrected chi connectivity index (χ2v) is 9.19. The van der Waals surface area contributed by atoms with Gasteiger partial charge in [-0.3, -0.25) is 9.69 Å².